The summed E-state index contributed by atoms with van der Waals surface area (Å²) in [5, 5.41) is 4.44. The summed E-state index contributed by atoms with van der Waals surface area (Å²) < 4.78 is 7.53. The van der Waals surface area contributed by atoms with Gasteiger partial charge in [0.2, 0.25) is 0 Å². The van der Waals surface area contributed by atoms with Gasteiger partial charge in [-0.05, 0) is 31.8 Å². The third kappa shape index (κ3) is 3.90. The van der Waals surface area contributed by atoms with Crippen LogP contribution in [0.15, 0.2) is 42.7 Å². The summed E-state index contributed by atoms with van der Waals surface area (Å²) >= 11 is 0. The maximum atomic E-state index is 12.5. The molecule has 0 aliphatic carbocycles. The summed E-state index contributed by atoms with van der Waals surface area (Å²) in [6, 6.07) is 9.67. The highest BCUT2D eigenvalue weighted by Gasteiger charge is 2.15. The molecule has 4 rings (SSSR count). The summed E-state index contributed by atoms with van der Waals surface area (Å²) in [4.78, 5) is 21.8. The molecule has 0 spiro atoms. The van der Waals surface area contributed by atoms with Gasteiger partial charge >= 0.3 is 0 Å². The van der Waals surface area contributed by atoms with Gasteiger partial charge in [0, 0.05) is 43.4 Å². The Balaban J connectivity index is 1.79. The Labute approximate surface area is 164 Å². The number of fused-ring (bicyclic) bond motifs is 4. The SMILES string of the molecule is CN(C)CCN1CCOCCC(=O)c2cccc(c2)-c2cnn3ccc1nc23. The van der Waals surface area contributed by atoms with Gasteiger partial charge in [0.15, 0.2) is 11.4 Å². The number of nitrogens with zero attached hydrogens (tertiary/aromatic N) is 5. The van der Waals surface area contributed by atoms with Gasteiger partial charge in [-0.1, -0.05) is 18.2 Å². The van der Waals surface area contributed by atoms with Crippen molar-refractivity contribution in [3.8, 4) is 11.1 Å². The van der Waals surface area contributed by atoms with Gasteiger partial charge in [-0.3, -0.25) is 4.79 Å². The fourth-order valence-electron chi connectivity index (χ4n) is 3.35. The van der Waals surface area contributed by atoms with E-state index in [-0.39, 0.29) is 5.78 Å². The second kappa shape index (κ2) is 8.08. The summed E-state index contributed by atoms with van der Waals surface area (Å²) in [6.07, 6.45) is 4.13. The van der Waals surface area contributed by atoms with Crippen LogP contribution in [0.3, 0.4) is 0 Å². The van der Waals surface area contributed by atoms with Gasteiger partial charge in [-0.2, -0.15) is 5.10 Å². The van der Waals surface area contributed by atoms with E-state index in [1.165, 1.54) is 0 Å². The van der Waals surface area contributed by atoms with E-state index < -0.39 is 0 Å². The van der Waals surface area contributed by atoms with Crippen molar-refractivity contribution in [2.75, 3.05) is 51.8 Å². The van der Waals surface area contributed by atoms with Crippen molar-refractivity contribution in [2.45, 2.75) is 6.42 Å². The number of aromatic nitrogens is 3. The lowest BCUT2D eigenvalue weighted by Crippen LogP contribution is -2.35. The number of hydrogen-bond acceptors (Lipinski definition) is 6. The molecule has 4 bridgehead atoms. The highest BCUT2D eigenvalue weighted by molar-refractivity contribution is 5.97. The largest absolute Gasteiger partial charge is 0.379 e. The zero-order chi connectivity index (χ0) is 19.5. The molecule has 1 aromatic carbocycles. The standard InChI is InChI=1S/C21H25N5O2/c1-24(2)9-10-25-11-13-28-12-7-19(27)17-5-3-4-16(14-17)18-15-22-26-8-6-20(25)23-21(18)26/h3-6,8,14-15H,7,9-13H2,1-2H3. The molecule has 0 saturated heterocycles. The Hall–Kier alpha value is -2.77. The Morgan fingerprint density at radius 3 is 2.89 bits per heavy atom. The molecule has 3 heterocycles. The maximum Gasteiger partial charge on any atom is 0.165 e. The van der Waals surface area contributed by atoms with Crippen LogP contribution in [0, 0.1) is 0 Å². The number of carbonyl (C=O) groups is 1. The minimum absolute atomic E-state index is 0.0912. The predicted molar refractivity (Wildman–Crippen MR) is 109 cm³/mol. The average molecular weight is 379 g/mol. The monoisotopic (exact) mass is 379 g/mol. The number of anilines is 1. The van der Waals surface area contributed by atoms with Crippen molar-refractivity contribution in [3.05, 3.63) is 48.3 Å². The van der Waals surface area contributed by atoms with E-state index in [0.717, 1.165) is 42.2 Å². The molecule has 146 valence electrons. The first-order valence-corrected chi connectivity index (χ1v) is 9.57. The molecule has 1 aliphatic rings. The second-order valence-corrected chi connectivity index (χ2v) is 7.27. The molecule has 7 heteroatoms. The highest BCUT2D eigenvalue weighted by Crippen LogP contribution is 2.26. The molecule has 3 aromatic rings. The van der Waals surface area contributed by atoms with Crippen molar-refractivity contribution in [1.29, 1.82) is 0 Å². The van der Waals surface area contributed by atoms with Crippen molar-refractivity contribution in [2.24, 2.45) is 0 Å². The second-order valence-electron chi connectivity index (χ2n) is 7.27. The topological polar surface area (TPSA) is 63.0 Å². The lowest BCUT2D eigenvalue weighted by Gasteiger charge is -2.25. The smallest absolute Gasteiger partial charge is 0.165 e. The number of carbonyl (C=O) groups excluding carboxylic acids is 1. The van der Waals surface area contributed by atoms with Gasteiger partial charge in [-0.25, -0.2) is 9.50 Å². The van der Waals surface area contributed by atoms with Crippen LogP contribution in [0.1, 0.15) is 16.8 Å². The zero-order valence-electron chi connectivity index (χ0n) is 16.3. The van der Waals surface area contributed by atoms with Crippen LogP contribution < -0.4 is 4.90 Å². The molecule has 0 fully saturated rings. The van der Waals surface area contributed by atoms with Crippen molar-refractivity contribution in [3.63, 3.8) is 0 Å². The summed E-state index contributed by atoms with van der Waals surface area (Å²) in [6.45, 7) is 3.46. The van der Waals surface area contributed by atoms with Crippen LogP contribution in [0.2, 0.25) is 0 Å². The molecule has 0 atom stereocenters. The van der Waals surface area contributed by atoms with Crippen LogP contribution in [0.4, 0.5) is 5.82 Å². The van der Waals surface area contributed by atoms with E-state index >= 15 is 0 Å². The normalized spacial score (nSPS) is 15.4. The van der Waals surface area contributed by atoms with Gasteiger partial charge in [0.25, 0.3) is 0 Å². The predicted octanol–water partition coefficient (Wildman–Crippen LogP) is 2.37. The molecule has 7 nitrogen and oxygen atoms in total. The van der Waals surface area contributed by atoms with E-state index in [9.17, 15) is 4.79 Å². The highest BCUT2D eigenvalue weighted by atomic mass is 16.5. The van der Waals surface area contributed by atoms with Gasteiger partial charge in [-0.15, -0.1) is 0 Å². The third-order valence-corrected chi connectivity index (χ3v) is 4.97. The molecular weight excluding hydrogens is 354 g/mol. The van der Waals surface area contributed by atoms with Crippen molar-refractivity contribution >= 4 is 17.2 Å². The quantitative estimate of drug-likeness (QED) is 0.696. The lowest BCUT2D eigenvalue weighted by molar-refractivity contribution is 0.0886. The lowest BCUT2D eigenvalue weighted by atomic mass is 10.0. The van der Waals surface area contributed by atoms with E-state index in [2.05, 4.69) is 29.0 Å². The summed E-state index contributed by atoms with van der Waals surface area (Å²) in [5.41, 5.74) is 3.36. The molecule has 2 aromatic heterocycles. The van der Waals surface area contributed by atoms with Crippen LogP contribution >= 0.6 is 0 Å². The van der Waals surface area contributed by atoms with Crippen LogP contribution in [-0.4, -0.2) is 72.2 Å². The Bertz CT molecular complexity index is 982. The number of benzene rings is 1. The van der Waals surface area contributed by atoms with E-state index in [1.54, 1.807) is 4.52 Å². The molecule has 0 unspecified atom stereocenters. The minimum Gasteiger partial charge on any atom is -0.379 e. The first kappa shape index (κ1) is 18.6. The fraction of sp³-hybridized carbons (Fsp3) is 0.381. The number of rotatable bonds is 3. The Morgan fingerprint density at radius 1 is 1.18 bits per heavy atom. The Kier molecular flexibility index (Phi) is 5.36. The van der Waals surface area contributed by atoms with Gasteiger partial charge < -0.3 is 14.5 Å². The number of hydrogen-bond donors (Lipinski definition) is 0. The number of Topliss-reactive ketones (excluding diaryl/α,β-unsaturated/α-hetero) is 1. The molecule has 0 saturated carbocycles. The summed E-state index contributed by atoms with van der Waals surface area (Å²) in [7, 11) is 4.12. The van der Waals surface area contributed by atoms with Gasteiger partial charge in [0.05, 0.1) is 19.4 Å². The fourth-order valence-corrected chi connectivity index (χ4v) is 3.35. The van der Waals surface area contributed by atoms with Crippen LogP contribution in [-0.2, 0) is 4.74 Å². The minimum atomic E-state index is 0.0912. The van der Waals surface area contributed by atoms with Crippen LogP contribution in [0.25, 0.3) is 16.8 Å². The first-order valence-electron chi connectivity index (χ1n) is 9.57. The average Bonchev–Trinajstić information content (AvgIpc) is 3.12. The molecule has 1 aliphatic heterocycles. The van der Waals surface area contributed by atoms with Crippen LogP contribution in [0.5, 0.6) is 0 Å². The van der Waals surface area contributed by atoms with Crippen molar-refractivity contribution < 1.29 is 9.53 Å². The molecule has 0 radical (unpaired) electrons. The molecular formula is C21H25N5O2. The number of ketones is 1. The first-order chi connectivity index (χ1) is 13.6. The third-order valence-electron chi connectivity index (χ3n) is 4.97. The molecule has 0 N–H and O–H groups in total. The number of ether oxygens (including phenoxy) is 1. The molecule has 0 amide bonds. The number of likely N-dealkylation sites (N-methyl/N-ethyl adjacent to an activating group) is 1. The van der Waals surface area contributed by atoms with E-state index in [0.29, 0.717) is 25.2 Å². The van der Waals surface area contributed by atoms with Crippen molar-refractivity contribution in [1.82, 2.24) is 19.5 Å². The van der Waals surface area contributed by atoms with E-state index in [1.807, 2.05) is 42.7 Å². The maximum absolute atomic E-state index is 12.5. The molecule has 28 heavy (non-hydrogen) atoms. The zero-order valence-corrected chi connectivity index (χ0v) is 16.3. The summed E-state index contributed by atoms with van der Waals surface area (Å²) in [5.74, 6) is 0.998. The van der Waals surface area contributed by atoms with E-state index in [4.69, 9.17) is 9.72 Å². The Morgan fingerprint density at radius 2 is 2.04 bits per heavy atom. The van der Waals surface area contributed by atoms with Gasteiger partial charge in [0.1, 0.15) is 5.82 Å².